The largest absolute Gasteiger partial charge is 0.367 e. The van der Waals surface area contributed by atoms with Crippen LogP contribution in [0.4, 0.5) is 10.1 Å². The van der Waals surface area contributed by atoms with Crippen molar-refractivity contribution in [2.75, 3.05) is 37.6 Å². The Balaban J connectivity index is 1.87. The van der Waals surface area contributed by atoms with Gasteiger partial charge in [-0.25, -0.2) is 4.39 Å². The molecule has 4 heteroatoms. The summed E-state index contributed by atoms with van der Waals surface area (Å²) in [4.78, 5) is 4.83. The van der Waals surface area contributed by atoms with Crippen LogP contribution in [0.3, 0.4) is 0 Å². The van der Waals surface area contributed by atoms with Crippen molar-refractivity contribution in [1.29, 1.82) is 0 Å². The highest BCUT2D eigenvalue weighted by molar-refractivity contribution is 5.55. The van der Waals surface area contributed by atoms with Crippen LogP contribution in [0.25, 0.3) is 0 Å². The van der Waals surface area contributed by atoms with Crippen molar-refractivity contribution in [3.63, 3.8) is 0 Å². The number of fused-ring (bicyclic) bond motifs is 1. The van der Waals surface area contributed by atoms with E-state index >= 15 is 0 Å². The molecule has 1 aromatic carbocycles. The van der Waals surface area contributed by atoms with Gasteiger partial charge in [0, 0.05) is 25.7 Å². The zero-order valence-electron chi connectivity index (χ0n) is 12.0. The molecule has 0 spiro atoms. The molecule has 0 amide bonds. The summed E-state index contributed by atoms with van der Waals surface area (Å²) < 4.78 is 14.3. The molecule has 1 unspecified atom stereocenters. The van der Waals surface area contributed by atoms with Crippen LogP contribution in [0, 0.1) is 5.82 Å². The van der Waals surface area contributed by atoms with Gasteiger partial charge in [-0.15, -0.1) is 0 Å². The van der Waals surface area contributed by atoms with Crippen molar-refractivity contribution in [1.82, 2.24) is 4.90 Å². The standard InChI is InChI=1S/C16H24FN3/c17-15-6-1-4-13(7-8-18)16(15)20-11-3-10-19-9-2-5-14(19)12-20/h1,4,6,14H,2-3,5,7-12,18H2. The fourth-order valence-electron chi connectivity index (χ4n) is 3.68. The fourth-order valence-corrected chi connectivity index (χ4v) is 3.68. The van der Waals surface area contributed by atoms with Gasteiger partial charge in [0.15, 0.2) is 0 Å². The molecule has 3 nitrogen and oxygen atoms in total. The highest BCUT2D eigenvalue weighted by Gasteiger charge is 2.30. The molecule has 2 saturated heterocycles. The number of halogens is 1. The first-order chi connectivity index (χ1) is 9.79. The molecule has 0 aliphatic carbocycles. The Kier molecular flexibility index (Phi) is 4.22. The number of benzene rings is 1. The molecule has 1 aromatic rings. The van der Waals surface area contributed by atoms with Crippen molar-refractivity contribution < 1.29 is 4.39 Å². The molecular weight excluding hydrogens is 253 g/mol. The van der Waals surface area contributed by atoms with Crippen molar-refractivity contribution in [3.8, 4) is 0 Å². The predicted molar refractivity (Wildman–Crippen MR) is 80.6 cm³/mol. The summed E-state index contributed by atoms with van der Waals surface area (Å²) in [6, 6.07) is 5.99. The summed E-state index contributed by atoms with van der Waals surface area (Å²) in [5.41, 5.74) is 7.53. The summed E-state index contributed by atoms with van der Waals surface area (Å²) >= 11 is 0. The van der Waals surface area contributed by atoms with E-state index in [2.05, 4.69) is 9.80 Å². The van der Waals surface area contributed by atoms with Gasteiger partial charge in [-0.05, 0) is 50.4 Å². The van der Waals surface area contributed by atoms with Crippen LogP contribution in [0.2, 0.25) is 0 Å². The monoisotopic (exact) mass is 277 g/mol. The van der Waals surface area contributed by atoms with Gasteiger partial charge in [0.05, 0.1) is 5.69 Å². The molecule has 3 rings (SSSR count). The van der Waals surface area contributed by atoms with Gasteiger partial charge in [0.1, 0.15) is 5.82 Å². The maximum atomic E-state index is 14.3. The second-order valence-electron chi connectivity index (χ2n) is 5.92. The van der Waals surface area contributed by atoms with Crippen LogP contribution in [0.5, 0.6) is 0 Å². The molecule has 1 atom stereocenters. The number of nitrogens with zero attached hydrogens (tertiary/aromatic N) is 2. The van der Waals surface area contributed by atoms with Gasteiger partial charge in [-0.3, -0.25) is 4.90 Å². The molecule has 2 fully saturated rings. The van der Waals surface area contributed by atoms with Crippen LogP contribution in [-0.2, 0) is 6.42 Å². The first-order valence-electron chi connectivity index (χ1n) is 7.76. The number of hydrogen-bond acceptors (Lipinski definition) is 3. The molecule has 2 N–H and O–H groups in total. The van der Waals surface area contributed by atoms with Gasteiger partial charge < -0.3 is 10.6 Å². The number of rotatable bonds is 3. The van der Waals surface area contributed by atoms with Crippen molar-refractivity contribution in [2.24, 2.45) is 5.73 Å². The summed E-state index contributed by atoms with van der Waals surface area (Å²) in [6.45, 7) is 4.84. The van der Waals surface area contributed by atoms with Gasteiger partial charge in [0.25, 0.3) is 0 Å². The number of anilines is 1. The van der Waals surface area contributed by atoms with E-state index < -0.39 is 0 Å². The van der Waals surface area contributed by atoms with Crippen LogP contribution >= 0.6 is 0 Å². The van der Waals surface area contributed by atoms with Crippen molar-refractivity contribution in [2.45, 2.75) is 31.7 Å². The third kappa shape index (κ3) is 2.67. The second kappa shape index (κ2) is 6.10. The average Bonchev–Trinajstić information content (AvgIpc) is 2.77. The molecule has 0 aromatic heterocycles. The molecule has 2 aliphatic heterocycles. The topological polar surface area (TPSA) is 32.5 Å². The van der Waals surface area contributed by atoms with Crippen LogP contribution in [0.1, 0.15) is 24.8 Å². The Morgan fingerprint density at radius 2 is 2.05 bits per heavy atom. The Hall–Kier alpha value is -1.13. The predicted octanol–water partition coefficient (Wildman–Crippen LogP) is 2.00. The van der Waals surface area contributed by atoms with Crippen LogP contribution < -0.4 is 10.6 Å². The van der Waals surface area contributed by atoms with Gasteiger partial charge in [-0.1, -0.05) is 12.1 Å². The first-order valence-corrected chi connectivity index (χ1v) is 7.76. The first kappa shape index (κ1) is 13.8. The SMILES string of the molecule is NCCc1cccc(F)c1N1CCCN2CCCC2C1. The summed E-state index contributed by atoms with van der Waals surface area (Å²) in [7, 11) is 0. The van der Waals surface area contributed by atoms with Crippen molar-refractivity contribution in [3.05, 3.63) is 29.6 Å². The zero-order valence-corrected chi connectivity index (χ0v) is 12.0. The Morgan fingerprint density at radius 1 is 1.20 bits per heavy atom. The molecule has 0 bridgehead atoms. The highest BCUT2D eigenvalue weighted by Crippen LogP contribution is 2.29. The van der Waals surface area contributed by atoms with E-state index in [1.54, 1.807) is 12.1 Å². The molecule has 110 valence electrons. The van der Waals surface area contributed by atoms with E-state index in [1.807, 2.05) is 6.07 Å². The normalized spacial score (nSPS) is 23.7. The Labute approximate surface area is 120 Å². The van der Waals surface area contributed by atoms with Gasteiger partial charge in [0.2, 0.25) is 0 Å². The number of para-hydroxylation sites is 1. The van der Waals surface area contributed by atoms with Gasteiger partial charge >= 0.3 is 0 Å². The third-order valence-electron chi connectivity index (χ3n) is 4.60. The maximum Gasteiger partial charge on any atom is 0.146 e. The lowest BCUT2D eigenvalue weighted by molar-refractivity contribution is 0.273. The summed E-state index contributed by atoms with van der Waals surface area (Å²) in [5, 5.41) is 0. The van der Waals surface area contributed by atoms with Crippen LogP contribution in [0.15, 0.2) is 18.2 Å². The lowest BCUT2D eigenvalue weighted by Crippen LogP contribution is -2.37. The number of hydrogen-bond donors (Lipinski definition) is 1. The maximum absolute atomic E-state index is 14.3. The second-order valence-corrected chi connectivity index (χ2v) is 5.92. The van der Waals surface area contributed by atoms with E-state index in [0.29, 0.717) is 12.6 Å². The van der Waals surface area contributed by atoms with E-state index in [9.17, 15) is 4.39 Å². The molecule has 20 heavy (non-hydrogen) atoms. The van der Waals surface area contributed by atoms with E-state index in [4.69, 9.17) is 5.73 Å². The molecular formula is C16H24FN3. The average molecular weight is 277 g/mol. The van der Waals surface area contributed by atoms with E-state index in [0.717, 1.165) is 43.7 Å². The lowest BCUT2D eigenvalue weighted by atomic mass is 10.1. The molecule has 2 heterocycles. The summed E-state index contributed by atoms with van der Waals surface area (Å²) in [5.74, 6) is -0.0950. The minimum absolute atomic E-state index is 0.0950. The summed E-state index contributed by atoms with van der Waals surface area (Å²) in [6.07, 6.45) is 4.40. The zero-order chi connectivity index (χ0) is 13.9. The smallest absolute Gasteiger partial charge is 0.146 e. The van der Waals surface area contributed by atoms with E-state index in [1.165, 1.54) is 19.4 Å². The van der Waals surface area contributed by atoms with Crippen LogP contribution in [-0.4, -0.2) is 43.7 Å². The van der Waals surface area contributed by atoms with Gasteiger partial charge in [-0.2, -0.15) is 0 Å². The van der Waals surface area contributed by atoms with Crippen molar-refractivity contribution >= 4 is 5.69 Å². The molecule has 0 radical (unpaired) electrons. The fraction of sp³-hybridized carbons (Fsp3) is 0.625. The highest BCUT2D eigenvalue weighted by atomic mass is 19.1. The molecule has 2 aliphatic rings. The quantitative estimate of drug-likeness (QED) is 0.917. The minimum Gasteiger partial charge on any atom is -0.367 e. The lowest BCUT2D eigenvalue weighted by Gasteiger charge is -2.29. The van der Waals surface area contributed by atoms with E-state index in [-0.39, 0.29) is 5.82 Å². The third-order valence-corrected chi connectivity index (χ3v) is 4.60. The number of nitrogens with two attached hydrogens (primary N) is 1. The Bertz CT molecular complexity index is 463. The minimum atomic E-state index is -0.0950. The molecule has 0 saturated carbocycles. The Morgan fingerprint density at radius 3 is 2.90 bits per heavy atom.